The average molecular weight is 307 g/mol. The van der Waals surface area contributed by atoms with Crippen molar-refractivity contribution in [3.05, 3.63) is 30.2 Å². The van der Waals surface area contributed by atoms with Crippen LogP contribution >= 0.6 is 11.3 Å². The van der Waals surface area contributed by atoms with Gasteiger partial charge in [0.2, 0.25) is 6.41 Å². The minimum atomic E-state index is -1.01. The lowest BCUT2D eigenvalue weighted by Crippen LogP contribution is -2.39. The van der Waals surface area contributed by atoms with Crippen molar-refractivity contribution in [3.63, 3.8) is 0 Å². The van der Waals surface area contributed by atoms with E-state index in [0.717, 1.165) is 21.3 Å². The van der Waals surface area contributed by atoms with Crippen LogP contribution in [0.5, 0.6) is 0 Å². The monoisotopic (exact) mass is 307 g/mol. The number of anilines is 1. The molecule has 114 valence electrons. The van der Waals surface area contributed by atoms with E-state index in [0.29, 0.717) is 0 Å². The van der Waals surface area contributed by atoms with Gasteiger partial charge in [-0.05, 0) is 39.8 Å². The molecule has 0 spiro atoms. The molecule has 0 saturated heterocycles. The molecule has 5 nitrogen and oxygen atoms in total. The van der Waals surface area contributed by atoms with Crippen molar-refractivity contribution in [2.24, 2.45) is 0 Å². The summed E-state index contributed by atoms with van der Waals surface area (Å²) in [5, 5.41) is 11.9. The van der Waals surface area contributed by atoms with Gasteiger partial charge in [-0.1, -0.05) is 11.3 Å². The predicted molar refractivity (Wildman–Crippen MR) is 85.3 cm³/mol. The first-order valence-electron chi connectivity index (χ1n) is 6.74. The molecule has 2 aromatic heterocycles. The lowest BCUT2D eigenvalue weighted by atomic mass is 10.2. The molecule has 21 heavy (non-hydrogen) atoms. The molecular weight excluding hydrogens is 286 g/mol. The quantitative estimate of drug-likeness (QED) is 0.880. The normalized spacial score (nSPS) is 13.2. The summed E-state index contributed by atoms with van der Waals surface area (Å²) in [4.78, 5) is 10.4. The second-order valence-electron chi connectivity index (χ2n) is 5.82. The van der Waals surface area contributed by atoms with Crippen LogP contribution in [0.3, 0.4) is 0 Å². The highest BCUT2D eigenvalue weighted by molar-refractivity contribution is 7.19. The number of aromatic nitrogens is 2. The third kappa shape index (κ3) is 4.00. The Morgan fingerprint density at radius 2 is 2.10 bits per heavy atom. The van der Waals surface area contributed by atoms with Gasteiger partial charge in [0.15, 0.2) is 0 Å². The predicted octanol–water partition coefficient (Wildman–Crippen LogP) is 3.04. The molecule has 0 aliphatic carbocycles. The Bertz CT molecular complexity index is 593. The minimum absolute atomic E-state index is 0.418. The van der Waals surface area contributed by atoms with Gasteiger partial charge in [0.1, 0.15) is 10.0 Å². The lowest BCUT2D eigenvalue weighted by molar-refractivity contribution is -0.162. The molecule has 0 aliphatic rings. The molecule has 2 heterocycles. The summed E-state index contributed by atoms with van der Waals surface area (Å²) >= 11 is 1.51. The number of rotatable bonds is 4. The molecule has 1 unspecified atom stereocenters. The number of hydrogen-bond acceptors (Lipinski definition) is 6. The zero-order valence-electron chi connectivity index (χ0n) is 13.0. The van der Waals surface area contributed by atoms with Gasteiger partial charge in [0.05, 0.1) is 11.3 Å². The van der Waals surface area contributed by atoms with Crippen molar-refractivity contribution < 1.29 is 9.84 Å². The Morgan fingerprint density at radius 1 is 1.38 bits per heavy atom. The van der Waals surface area contributed by atoms with Crippen LogP contribution in [0.25, 0.3) is 10.6 Å². The third-order valence-electron chi connectivity index (χ3n) is 2.79. The van der Waals surface area contributed by atoms with Crippen molar-refractivity contribution in [1.82, 2.24) is 9.97 Å². The number of aliphatic hydroxyl groups is 1. The smallest absolute Gasteiger partial charge is 0.238 e. The third-order valence-corrected chi connectivity index (χ3v) is 4.09. The van der Waals surface area contributed by atoms with Gasteiger partial charge in [-0.3, -0.25) is 4.98 Å². The molecular formula is C15H21N3O2S. The number of aliphatic hydroxyl groups excluding tert-OH is 1. The van der Waals surface area contributed by atoms with Gasteiger partial charge in [0.25, 0.3) is 0 Å². The topological polar surface area (TPSA) is 58.5 Å². The molecule has 0 radical (unpaired) electrons. The van der Waals surface area contributed by atoms with E-state index in [4.69, 9.17) is 4.74 Å². The largest absolute Gasteiger partial charge is 0.351 e. The highest BCUT2D eigenvalue weighted by Gasteiger charge is 2.23. The van der Waals surface area contributed by atoms with Crippen molar-refractivity contribution >= 4 is 16.3 Å². The van der Waals surface area contributed by atoms with Crippen LogP contribution in [-0.2, 0) is 4.74 Å². The molecule has 0 amide bonds. The second kappa shape index (κ2) is 6.09. The van der Waals surface area contributed by atoms with Crippen LogP contribution < -0.4 is 4.90 Å². The Balaban J connectivity index is 2.23. The van der Waals surface area contributed by atoms with Crippen molar-refractivity contribution in [2.75, 3.05) is 11.9 Å². The molecule has 0 saturated carbocycles. The lowest BCUT2D eigenvalue weighted by Gasteiger charge is -2.30. The fourth-order valence-corrected chi connectivity index (χ4v) is 2.86. The van der Waals surface area contributed by atoms with Crippen molar-refractivity contribution in [2.45, 2.75) is 39.7 Å². The van der Waals surface area contributed by atoms with E-state index in [9.17, 15) is 5.11 Å². The fourth-order valence-electron chi connectivity index (χ4n) is 1.82. The first-order valence-corrected chi connectivity index (χ1v) is 7.56. The fraction of sp³-hybridized carbons (Fsp3) is 0.467. The van der Waals surface area contributed by atoms with E-state index in [2.05, 4.69) is 9.97 Å². The SMILES string of the molecule is Cc1nc(-c2cccnc2)sc1N(C)C(O)OC(C)(C)C. The van der Waals surface area contributed by atoms with Gasteiger partial charge in [-0.25, -0.2) is 4.98 Å². The van der Waals surface area contributed by atoms with E-state index in [1.54, 1.807) is 24.3 Å². The van der Waals surface area contributed by atoms with Crippen LogP contribution in [-0.4, -0.2) is 34.1 Å². The standard InChI is InChI=1S/C15H21N3O2S/c1-10-13(18(5)14(19)20-15(2,3)4)21-12(17-10)11-7-6-8-16-9-11/h6-9,14,19H,1-5H3. The van der Waals surface area contributed by atoms with Crippen LogP contribution in [0.1, 0.15) is 26.5 Å². The molecule has 0 fully saturated rings. The van der Waals surface area contributed by atoms with Gasteiger partial charge in [-0.2, -0.15) is 0 Å². The maximum atomic E-state index is 10.2. The number of hydrogen-bond donors (Lipinski definition) is 1. The zero-order chi connectivity index (χ0) is 15.6. The number of nitrogens with zero attached hydrogens (tertiary/aromatic N) is 3. The molecule has 0 aliphatic heterocycles. The van der Waals surface area contributed by atoms with E-state index in [1.807, 2.05) is 39.8 Å². The number of thiazole rings is 1. The summed E-state index contributed by atoms with van der Waals surface area (Å²) in [7, 11) is 1.80. The summed E-state index contributed by atoms with van der Waals surface area (Å²) in [5.41, 5.74) is 1.41. The van der Waals surface area contributed by atoms with Crippen LogP contribution in [0, 0.1) is 6.92 Å². The maximum absolute atomic E-state index is 10.2. The van der Waals surface area contributed by atoms with Gasteiger partial charge < -0.3 is 14.7 Å². The molecule has 0 aromatic carbocycles. The summed E-state index contributed by atoms with van der Waals surface area (Å²) < 4.78 is 5.57. The summed E-state index contributed by atoms with van der Waals surface area (Å²) in [6.45, 7) is 7.64. The van der Waals surface area contributed by atoms with E-state index in [1.165, 1.54) is 11.3 Å². The average Bonchev–Trinajstić information content (AvgIpc) is 2.79. The van der Waals surface area contributed by atoms with Crippen molar-refractivity contribution in [3.8, 4) is 10.6 Å². The number of ether oxygens (including phenoxy) is 1. The maximum Gasteiger partial charge on any atom is 0.238 e. The minimum Gasteiger partial charge on any atom is -0.351 e. The zero-order valence-corrected chi connectivity index (χ0v) is 13.8. The highest BCUT2D eigenvalue weighted by Crippen LogP contribution is 2.34. The van der Waals surface area contributed by atoms with Crippen LogP contribution in [0.2, 0.25) is 0 Å². The Labute approximate surface area is 129 Å². The first-order chi connectivity index (χ1) is 9.78. The molecule has 1 atom stereocenters. The van der Waals surface area contributed by atoms with E-state index < -0.39 is 12.0 Å². The van der Waals surface area contributed by atoms with Crippen LogP contribution in [0.4, 0.5) is 5.00 Å². The molecule has 6 heteroatoms. The first kappa shape index (κ1) is 15.9. The number of aryl methyl sites for hydroxylation is 1. The summed E-state index contributed by atoms with van der Waals surface area (Å²) in [6, 6.07) is 3.85. The van der Waals surface area contributed by atoms with Gasteiger partial charge in [0, 0.05) is 25.0 Å². The molecule has 0 bridgehead atoms. The Kier molecular flexibility index (Phi) is 4.61. The van der Waals surface area contributed by atoms with Gasteiger partial charge >= 0.3 is 0 Å². The Hall–Kier alpha value is -1.50. The number of pyridine rings is 1. The van der Waals surface area contributed by atoms with Crippen LogP contribution in [0.15, 0.2) is 24.5 Å². The van der Waals surface area contributed by atoms with Crippen molar-refractivity contribution in [1.29, 1.82) is 0 Å². The molecule has 1 N–H and O–H groups in total. The van der Waals surface area contributed by atoms with E-state index in [-0.39, 0.29) is 0 Å². The van der Waals surface area contributed by atoms with E-state index >= 15 is 0 Å². The highest BCUT2D eigenvalue weighted by atomic mass is 32.1. The van der Waals surface area contributed by atoms with Gasteiger partial charge in [-0.15, -0.1) is 0 Å². The molecule has 2 rings (SSSR count). The summed E-state index contributed by atoms with van der Waals surface area (Å²) in [6.07, 6.45) is 2.51. The summed E-state index contributed by atoms with van der Waals surface area (Å²) in [5.74, 6) is 0. The second-order valence-corrected chi connectivity index (χ2v) is 6.80. The Morgan fingerprint density at radius 3 is 2.67 bits per heavy atom. The molecule has 2 aromatic rings.